The minimum absolute atomic E-state index is 0.127. The standard InChI is InChI=1S/C27H26N2O2/c1-17-11-13-21(14-12-17)27(31)29(24-10-6-7-18(2)20(24)4)16-23-15-22-9-5-8-19(3)25(22)28-26(23)30/h5-15H,16H2,1-4H3,(H,28,30). The molecule has 1 amide bonds. The number of benzene rings is 3. The average Bonchev–Trinajstić information content (AvgIpc) is 2.75. The monoisotopic (exact) mass is 410 g/mol. The van der Waals surface area contributed by atoms with Crippen LogP contribution in [0.2, 0.25) is 0 Å². The van der Waals surface area contributed by atoms with E-state index >= 15 is 0 Å². The normalized spacial score (nSPS) is 11.0. The van der Waals surface area contributed by atoms with Gasteiger partial charge in [-0.3, -0.25) is 9.59 Å². The van der Waals surface area contributed by atoms with E-state index in [0.29, 0.717) is 11.1 Å². The van der Waals surface area contributed by atoms with Crippen molar-refractivity contribution in [1.82, 2.24) is 4.98 Å². The molecule has 31 heavy (non-hydrogen) atoms. The first-order chi connectivity index (χ1) is 14.8. The number of carbonyl (C=O) groups is 1. The van der Waals surface area contributed by atoms with Crippen molar-refractivity contribution in [2.45, 2.75) is 34.2 Å². The van der Waals surface area contributed by atoms with Crippen molar-refractivity contribution in [3.05, 3.63) is 110 Å². The van der Waals surface area contributed by atoms with E-state index in [9.17, 15) is 9.59 Å². The molecule has 0 unspecified atom stereocenters. The Kier molecular flexibility index (Phi) is 5.47. The van der Waals surface area contributed by atoms with Crippen LogP contribution in [0.3, 0.4) is 0 Å². The number of H-pyrrole nitrogens is 1. The summed E-state index contributed by atoms with van der Waals surface area (Å²) < 4.78 is 0. The molecule has 0 bridgehead atoms. The van der Waals surface area contributed by atoms with Gasteiger partial charge in [0.2, 0.25) is 0 Å². The Labute approximate surface area is 182 Å². The lowest BCUT2D eigenvalue weighted by atomic mass is 10.0. The molecule has 4 nitrogen and oxygen atoms in total. The molecule has 0 fully saturated rings. The highest BCUT2D eigenvalue weighted by Crippen LogP contribution is 2.26. The Bertz CT molecular complexity index is 1330. The first-order valence-corrected chi connectivity index (χ1v) is 10.4. The number of aromatic nitrogens is 1. The largest absolute Gasteiger partial charge is 0.321 e. The summed E-state index contributed by atoms with van der Waals surface area (Å²) in [4.78, 5) is 31.2. The van der Waals surface area contributed by atoms with Crippen LogP contribution in [0.1, 0.15) is 38.2 Å². The van der Waals surface area contributed by atoms with Crippen LogP contribution in [0.25, 0.3) is 10.9 Å². The minimum Gasteiger partial charge on any atom is -0.321 e. The summed E-state index contributed by atoms with van der Waals surface area (Å²) in [5.74, 6) is -0.127. The van der Waals surface area contributed by atoms with Crippen molar-refractivity contribution in [1.29, 1.82) is 0 Å². The summed E-state index contributed by atoms with van der Waals surface area (Å²) in [7, 11) is 0. The number of nitrogens with zero attached hydrogens (tertiary/aromatic N) is 1. The van der Waals surface area contributed by atoms with Crippen LogP contribution in [0, 0.1) is 27.7 Å². The Morgan fingerprint density at radius 3 is 2.29 bits per heavy atom. The number of aromatic amines is 1. The van der Waals surface area contributed by atoms with Gasteiger partial charge in [-0.05, 0) is 74.0 Å². The minimum atomic E-state index is -0.172. The summed E-state index contributed by atoms with van der Waals surface area (Å²) >= 11 is 0. The number of pyridine rings is 1. The van der Waals surface area contributed by atoms with Crippen molar-refractivity contribution >= 4 is 22.5 Å². The Morgan fingerprint density at radius 1 is 0.871 bits per heavy atom. The molecule has 4 heteroatoms. The lowest BCUT2D eigenvalue weighted by Crippen LogP contribution is -2.33. The highest BCUT2D eigenvalue weighted by molar-refractivity contribution is 6.06. The number of aryl methyl sites for hydroxylation is 3. The van der Waals surface area contributed by atoms with Crippen LogP contribution in [-0.2, 0) is 6.54 Å². The van der Waals surface area contributed by atoms with Crippen LogP contribution >= 0.6 is 0 Å². The van der Waals surface area contributed by atoms with E-state index in [1.54, 1.807) is 4.90 Å². The van der Waals surface area contributed by atoms with Crippen molar-refractivity contribution in [3.63, 3.8) is 0 Å². The lowest BCUT2D eigenvalue weighted by molar-refractivity contribution is 0.0985. The van der Waals surface area contributed by atoms with Gasteiger partial charge < -0.3 is 9.88 Å². The maximum absolute atomic E-state index is 13.6. The fraction of sp³-hybridized carbons (Fsp3) is 0.185. The molecule has 0 aliphatic rings. The topological polar surface area (TPSA) is 53.2 Å². The van der Waals surface area contributed by atoms with Crippen LogP contribution in [0.5, 0.6) is 0 Å². The Hall–Kier alpha value is -3.66. The number of hydrogen-bond acceptors (Lipinski definition) is 2. The number of fused-ring (bicyclic) bond motifs is 1. The molecule has 156 valence electrons. The number of hydrogen-bond donors (Lipinski definition) is 1. The molecule has 0 aliphatic carbocycles. The third-order valence-electron chi connectivity index (χ3n) is 5.90. The van der Waals surface area contributed by atoms with E-state index in [1.807, 2.05) is 94.4 Å². The molecule has 0 spiro atoms. The number of rotatable bonds is 4. The van der Waals surface area contributed by atoms with Crippen LogP contribution in [0.15, 0.2) is 71.5 Å². The SMILES string of the molecule is Cc1ccc(C(=O)N(Cc2cc3cccc(C)c3[nH]c2=O)c2cccc(C)c2C)cc1. The summed E-state index contributed by atoms with van der Waals surface area (Å²) in [6, 6.07) is 21.3. The zero-order valence-corrected chi connectivity index (χ0v) is 18.3. The maximum Gasteiger partial charge on any atom is 0.258 e. The van der Waals surface area contributed by atoms with Crippen LogP contribution in [-0.4, -0.2) is 10.9 Å². The number of carbonyl (C=O) groups excluding carboxylic acids is 1. The first-order valence-electron chi connectivity index (χ1n) is 10.4. The number of nitrogens with one attached hydrogen (secondary N) is 1. The van der Waals surface area contributed by atoms with Crippen molar-refractivity contribution in [2.24, 2.45) is 0 Å². The highest BCUT2D eigenvalue weighted by Gasteiger charge is 2.22. The average molecular weight is 411 g/mol. The van der Waals surface area contributed by atoms with E-state index in [1.165, 1.54) is 0 Å². The second kappa shape index (κ2) is 8.23. The van der Waals surface area contributed by atoms with E-state index in [4.69, 9.17) is 0 Å². The zero-order valence-electron chi connectivity index (χ0n) is 18.3. The number of amides is 1. The molecule has 4 aromatic rings. The van der Waals surface area contributed by atoms with Crippen molar-refractivity contribution in [3.8, 4) is 0 Å². The van der Waals surface area contributed by atoms with Crippen molar-refractivity contribution in [2.75, 3.05) is 4.90 Å². The summed E-state index contributed by atoms with van der Waals surface area (Å²) in [6.45, 7) is 8.19. The predicted molar refractivity (Wildman–Crippen MR) is 127 cm³/mol. The molecule has 0 saturated carbocycles. The second-order valence-corrected chi connectivity index (χ2v) is 8.14. The van der Waals surface area contributed by atoms with Gasteiger partial charge in [0.25, 0.3) is 11.5 Å². The second-order valence-electron chi connectivity index (χ2n) is 8.14. The van der Waals surface area contributed by atoms with Gasteiger partial charge in [-0.15, -0.1) is 0 Å². The van der Waals surface area contributed by atoms with E-state index in [0.717, 1.165) is 38.8 Å². The summed E-state index contributed by atoms with van der Waals surface area (Å²) in [5, 5.41) is 0.957. The van der Waals surface area contributed by atoms with Gasteiger partial charge in [-0.25, -0.2) is 0 Å². The molecular weight excluding hydrogens is 384 g/mol. The van der Waals surface area contributed by atoms with Gasteiger partial charge >= 0.3 is 0 Å². The molecule has 0 radical (unpaired) electrons. The Balaban J connectivity index is 1.83. The van der Waals surface area contributed by atoms with E-state index < -0.39 is 0 Å². The fourth-order valence-corrected chi connectivity index (χ4v) is 3.86. The Morgan fingerprint density at radius 2 is 1.55 bits per heavy atom. The molecule has 1 heterocycles. The van der Waals surface area contributed by atoms with E-state index in [-0.39, 0.29) is 18.0 Å². The molecule has 0 saturated heterocycles. The first kappa shape index (κ1) is 20.6. The molecule has 1 aromatic heterocycles. The third kappa shape index (κ3) is 4.02. The molecule has 0 aliphatic heterocycles. The summed E-state index contributed by atoms with van der Waals surface area (Å²) in [6.07, 6.45) is 0. The predicted octanol–water partition coefficient (Wildman–Crippen LogP) is 5.61. The van der Waals surface area contributed by atoms with Crippen LogP contribution < -0.4 is 10.5 Å². The van der Waals surface area contributed by atoms with E-state index in [2.05, 4.69) is 4.98 Å². The zero-order chi connectivity index (χ0) is 22.1. The smallest absolute Gasteiger partial charge is 0.258 e. The van der Waals surface area contributed by atoms with Gasteiger partial charge in [-0.1, -0.05) is 48.0 Å². The number of anilines is 1. The quantitative estimate of drug-likeness (QED) is 0.475. The lowest BCUT2D eigenvalue weighted by Gasteiger charge is -2.25. The molecular formula is C27H26N2O2. The van der Waals surface area contributed by atoms with Crippen LogP contribution in [0.4, 0.5) is 5.69 Å². The third-order valence-corrected chi connectivity index (χ3v) is 5.90. The van der Waals surface area contributed by atoms with Gasteiger partial charge in [0.15, 0.2) is 0 Å². The van der Waals surface area contributed by atoms with Gasteiger partial charge in [0.05, 0.1) is 12.1 Å². The molecule has 4 rings (SSSR count). The maximum atomic E-state index is 13.6. The summed E-state index contributed by atoms with van der Waals surface area (Å²) in [5.41, 5.74) is 6.86. The molecule has 1 N–H and O–H groups in total. The number of para-hydroxylation sites is 1. The fourth-order valence-electron chi connectivity index (χ4n) is 3.86. The van der Waals surface area contributed by atoms with Gasteiger partial charge in [-0.2, -0.15) is 0 Å². The van der Waals surface area contributed by atoms with Crippen molar-refractivity contribution < 1.29 is 4.79 Å². The highest BCUT2D eigenvalue weighted by atomic mass is 16.2. The molecule has 3 aromatic carbocycles. The van der Waals surface area contributed by atoms with Gasteiger partial charge in [0, 0.05) is 16.8 Å². The molecule has 0 atom stereocenters. The van der Waals surface area contributed by atoms with Gasteiger partial charge in [0.1, 0.15) is 0 Å².